The Labute approximate surface area is 167 Å². The predicted molar refractivity (Wildman–Crippen MR) is 107 cm³/mol. The van der Waals surface area contributed by atoms with E-state index < -0.39 is 0 Å². The Bertz CT molecular complexity index is 903. The molecule has 0 radical (unpaired) electrons. The maximum absolute atomic E-state index is 5.93. The molecule has 0 atom stereocenters. The summed E-state index contributed by atoms with van der Waals surface area (Å²) in [6.07, 6.45) is 0. The van der Waals surface area contributed by atoms with E-state index in [0.717, 1.165) is 21.5 Å². The second kappa shape index (κ2) is 8.54. The summed E-state index contributed by atoms with van der Waals surface area (Å²) in [5, 5.41) is 10.2. The fourth-order valence-electron chi connectivity index (χ4n) is 2.63. The molecule has 0 saturated heterocycles. The largest absolute Gasteiger partial charge is 0.493 e. The molecule has 0 aliphatic rings. The molecular formula is C19H20ClN3O3S. The van der Waals surface area contributed by atoms with Crippen molar-refractivity contribution in [3.8, 4) is 28.6 Å². The minimum atomic E-state index is 0.545. The van der Waals surface area contributed by atoms with Gasteiger partial charge in [0.15, 0.2) is 22.5 Å². The van der Waals surface area contributed by atoms with Gasteiger partial charge in [0.2, 0.25) is 5.75 Å². The molecule has 0 unspecified atom stereocenters. The molecule has 2 aromatic carbocycles. The monoisotopic (exact) mass is 405 g/mol. The van der Waals surface area contributed by atoms with Crippen LogP contribution in [0.15, 0.2) is 41.6 Å². The first-order valence-corrected chi connectivity index (χ1v) is 9.50. The summed E-state index contributed by atoms with van der Waals surface area (Å²) >= 11 is 7.54. The van der Waals surface area contributed by atoms with E-state index >= 15 is 0 Å². The summed E-state index contributed by atoms with van der Waals surface area (Å²) in [6, 6.07) is 11.5. The number of nitrogens with zero attached hydrogens (tertiary/aromatic N) is 3. The molecule has 3 rings (SSSR count). The zero-order chi connectivity index (χ0) is 19.4. The summed E-state index contributed by atoms with van der Waals surface area (Å²) in [4.78, 5) is 0. The van der Waals surface area contributed by atoms with Gasteiger partial charge in [0, 0.05) is 23.4 Å². The van der Waals surface area contributed by atoms with Gasteiger partial charge in [-0.3, -0.25) is 0 Å². The summed E-state index contributed by atoms with van der Waals surface area (Å²) in [5.41, 5.74) is 2.00. The van der Waals surface area contributed by atoms with Gasteiger partial charge in [-0.25, -0.2) is 0 Å². The van der Waals surface area contributed by atoms with Gasteiger partial charge in [0.05, 0.1) is 21.3 Å². The molecule has 8 heteroatoms. The quantitative estimate of drug-likeness (QED) is 0.541. The molecule has 1 heterocycles. The van der Waals surface area contributed by atoms with Crippen molar-refractivity contribution in [2.24, 2.45) is 7.05 Å². The lowest BCUT2D eigenvalue weighted by atomic mass is 10.1. The van der Waals surface area contributed by atoms with E-state index in [1.807, 2.05) is 48.0 Å². The minimum Gasteiger partial charge on any atom is -0.493 e. The maximum atomic E-state index is 5.93. The van der Waals surface area contributed by atoms with Gasteiger partial charge in [0.1, 0.15) is 0 Å². The van der Waals surface area contributed by atoms with Crippen molar-refractivity contribution in [2.45, 2.75) is 10.9 Å². The van der Waals surface area contributed by atoms with Gasteiger partial charge in [-0.15, -0.1) is 10.2 Å². The zero-order valence-electron chi connectivity index (χ0n) is 15.5. The van der Waals surface area contributed by atoms with Crippen LogP contribution in [-0.4, -0.2) is 36.1 Å². The lowest BCUT2D eigenvalue weighted by Gasteiger charge is -2.14. The average Bonchev–Trinajstić information content (AvgIpc) is 3.06. The highest BCUT2D eigenvalue weighted by atomic mass is 35.5. The Morgan fingerprint density at radius 1 is 0.963 bits per heavy atom. The summed E-state index contributed by atoms with van der Waals surface area (Å²) < 4.78 is 18.2. The third-order valence-electron chi connectivity index (χ3n) is 4.04. The van der Waals surface area contributed by atoms with E-state index in [4.69, 9.17) is 25.8 Å². The Balaban J connectivity index is 1.87. The van der Waals surface area contributed by atoms with Crippen LogP contribution in [0.25, 0.3) is 11.4 Å². The van der Waals surface area contributed by atoms with Crippen LogP contribution in [0.5, 0.6) is 17.2 Å². The highest BCUT2D eigenvalue weighted by molar-refractivity contribution is 7.98. The van der Waals surface area contributed by atoms with E-state index in [1.165, 1.54) is 5.56 Å². The van der Waals surface area contributed by atoms with Crippen LogP contribution in [0, 0.1) is 0 Å². The van der Waals surface area contributed by atoms with Gasteiger partial charge < -0.3 is 18.8 Å². The highest BCUT2D eigenvalue weighted by Crippen LogP contribution is 2.41. The third-order valence-corrected chi connectivity index (χ3v) is 5.38. The number of hydrogen-bond acceptors (Lipinski definition) is 6. The molecule has 0 aliphatic carbocycles. The molecule has 142 valence electrons. The van der Waals surface area contributed by atoms with Gasteiger partial charge in [-0.2, -0.15) is 0 Å². The number of methoxy groups -OCH3 is 3. The van der Waals surface area contributed by atoms with Crippen molar-refractivity contribution < 1.29 is 14.2 Å². The Morgan fingerprint density at radius 3 is 2.15 bits per heavy atom. The summed E-state index contributed by atoms with van der Waals surface area (Å²) in [5.74, 6) is 3.19. The van der Waals surface area contributed by atoms with Gasteiger partial charge in [0.25, 0.3) is 0 Å². The molecule has 27 heavy (non-hydrogen) atoms. The standard InChI is InChI=1S/C19H20ClN3O3S/c1-23-18(13-9-15(24-2)17(26-4)16(10-13)25-3)21-22-19(23)27-11-12-5-7-14(20)8-6-12/h5-10H,11H2,1-4H3. The molecule has 3 aromatic rings. The van der Waals surface area contributed by atoms with Crippen LogP contribution in [0.4, 0.5) is 0 Å². The van der Waals surface area contributed by atoms with E-state index in [0.29, 0.717) is 23.1 Å². The van der Waals surface area contributed by atoms with Gasteiger partial charge in [-0.1, -0.05) is 35.5 Å². The van der Waals surface area contributed by atoms with Crippen molar-refractivity contribution in [3.05, 3.63) is 47.0 Å². The van der Waals surface area contributed by atoms with Crippen molar-refractivity contribution in [1.82, 2.24) is 14.8 Å². The number of aromatic nitrogens is 3. The lowest BCUT2D eigenvalue weighted by Crippen LogP contribution is -1.99. The number of thioether (sulfide) groups is 1. The van der Waals surface area contributed by atoms with Crippen molar-refractivity contribution in [1.29, 1.82) is 0 Å². The topological polar surface area (TPSA) is 58.4 Å². The first-order chi connectivity index (χ1) is 13.1. The Kier molecular flexibility index (Phi) is 6.13. The third kappa shape index (κ3) is 4.14. The fraction of sp³-hybridized carbons (Fsp3) is 0.263. The van der Waals surface area contributed by atoms with Crippen molar-refractivity contribution in [2.75, 3.05) is 21.3 Å². The van der Waals surface area contributed by atoms with E-state index in [2.05, 4.69) is 10.2 Å². The van der Waals surface area contributed by atoms with Crippen LogP contribution in [0.2, 0.25) is 5.02 Å². The van der Waals surface area contributed by atoms with Crippen LogP contribution in [0.3, 0.4) is 0 Å². The molecular weight excluding hydrogens is 386 g/mol. The summed E-state index contributed by atoms with van der Waals surface area (Å²) in [7, 11) is 6.69. The Hall–Kier alpha value is -2.38. The lowest BCUT2D eigenvalue weighted by molar-refractivity contribution is 0.324. The van der Waals surface area contributed by atoms with Gasteiger partial charge in [-0.05, 0) is 29.8 Å². The van der Waals surface area contributed by atoms with Crippen molar-refractivity contribution >= 4 is 23.4 Å². The minimum absolute atomic E-state index is 0.545. The second-order valence-corrected chi connectivity index (χ2v) is 7.07. The molecule has 0 N–H and O–H groups in total. The number of benzene rings is 2. The molecule has 0 spiro atoms. The van der Waals surface area contributed by atoms with Crippen molar-refractivity contribution in [3.63, 3.8) is 0 Å². The van der Waals surface area contributed by atoms with Crippen LogP contribution < -0.4 is 14.2 Å². The first kappa shape index (κ1) is 19.4. The number of ether oxygens (including phenoxy) is 3. The fourth-order valence-corrected chi connectivity index (χ4v) is 3.62. The van der Waals surface area contributed by atoms with E-state index in [-0.39, 0.29) is 0 Å². The average molecular weight is 406 g/mol. The molecule has 0 fully saturated rings. The molecule has 0 amide bonds. The molecule has 0 bridgehead atoms. The SMILES string of the molecule is COc1cc(-c2nnc(SCc3ccc(Cl)cc3)n2C)cc(OC)c1OC. The normalized spacial score (nSPS) is 10.7. The number of hydrogen-bond donors (Lipinski definition) is 0. The predicted octanol–water partition coefficient (Wildman–Crippen LogP) is 4.45. The van der Waals surface area contributed by atoms with Gasteiger partial charge >= 0.3 is 0 Å². The van der Waals surface area contributed by atoms with Crippen LogP contribution in [-0.2, 0) is 12.8 Å². The maximum Gasteiger partial charge on any atom is 0.203 e. The van der Waals surface area contributed by atoms with E-state index in [9.17, 15) is 0 Å². The van der Waals surface area contributed by atoms with E-state index in [1.54, 1.807) is 33.1 Å². The highest BCUT2D eigenvalue weighted by Gasteiger charge is 2.18. The molecule has 0 saturated carbocycles. The first-order valence-electron chi connectivity index (χ1n) is 8.14. The zero-order valence-corrected chi connectivity index (χ0v) is 17.1. The Morgan fingerprint density at radius 2 is 1.59 bits per heavy atom. The number of rotatable bonds is 7. The summed E-state index contributed by atoms with van der Waals surface area (Å²) in [6.45, 7) is 0. The number of halogens is 1. The second-order valence-electron chi connectivity index (χ2n) is 5.69. The van der Waals surface area contributed by atoms with Crippen LogP contribution >= 0.6 is 23.4 Å². The molecule has 6 nitrogen and oxygen atoms in total. The van der Waals surface area contributed by atoms with Crippen LogP contribution in [0.1, 0.15) is 5.56 Å². The molecule has 0 aliphatic heterocycles. The smallest absolute Gasteiger partial charge is 0.203 e. The molecule has 1 aromatic heterocycles.